The highest BCUT2D eigenvalue weighted by Crippen LogP contribution is 2.19. The van der Waals surface area contributed by atoms with E-state index in [1.165, 1.54) is 0 Å². The Morgan fingerprint density at radius 1 is 1.03 bits per heavy atom. The van der Waals surface area contributed by atoms with Crippen molar-refractivity contribution in [2.45, 2.75) is 13.0 Å². The van der Waals surface area contributed by atoms with Crippen LogP contribution >= 0.6 is 0 Å². The van der Waals surface area contributed by atoms with Crippen LogP contribution in [0.5, 0.6) is 5.75 Å². The maximum atomic E-state index is 12.6. The van der Waals surface area contributed by atoms with Gasteiger partial charge in [0.25, 0.3) is 0 Å². The highest BCUT2D eigenvalue weighted by atomic mass is 16.5. The van der Waals surface area contributed by atoms with Gasteiger partial charge in [0.2, 0.25) is 11.8 Å². The number of amides is 2. The standard InChI is InChI=1S/C23H30N4O4/c1-17(26(2)16-22(28)24-18-6-10-21(30-3)11-7-18)23(29)25-19-4-8-20(9-5-19)27-12-14-31-15-13-27/h4-11,17H,12-16H2,1-3H3,(H,24,28)(H,25,29)/t17-/m0/s1. The van der Waals surface area contributed by atoms with Gasteiger partial charge in [-0.2, -0.15) is 0 Å². The number of anilines is 3. The highest BCUT2D eigenvalue weighted by molar-refractivity contribution is 5.96. The number of carbonyl (C=O) groups is 2. The van der Waals surface area contributed by atoms with Crippen molar-refractivity contribution in [3.05, 3.63) is 48.5 Å². The van der Waals surface area contributed by atoms with E-state index >= 15 is 0 Å². The Kier molecular flexibility index (Phi) is 7.86. The minimum absolute atomic E-state index is 0.0938. The molecule has 0 unspecified atom stereocenters. The zero-order valence-electron chi connectivity index (χ0n) is 18.3. The van der Waals surface area contributed by atoms with E-state index in [9.17, 15) is 9.59 Å². The molecular formula is C23H30N4O4. The van der Waals surface area contributed by atoms with Crippen LogP contribution in [0.2, 0.25) is 0 Å². The Balaban J connectivity index is 1.48. The molecule has 166 valence electrons. The van der Waals surface area contributed by atoms with Crippen molar-refractivity contribution >= 4 is 28.9 Å². The van der Waals surface area contributed by atoms with Crippen LogP contribution in [0, 0.1) is 0 Å². The van der Waals surface area contributed by atoms with Gasteiger partial charge in [-0.15, -0.1) is 0 Å². The first kappa shape index (κ1) is 22.6. The van der Waals surface area contributed by atoms with Gasteiger partial charge in [-0.05, 0) is 62.5 Å². The van der Waals surface area contributed by atoms with E-state index in [0.717, 1.165) is 43.4 Å². The van der Waals surface area contributed by atoms with E-state index in [-0.39, 0.29) is 18.4 Å². The van der Waals surface area contributed by atoms with E-state index in [4.69, 9.17) is 9.47 Å². The van der Waals surface area contributed by atoms with E-state index in [1.54, 1.807) is 50.2 Å². The third kappa shape index (κ3) is 6.44. The Morgan fingerprint density at radius 3 is 2.23 bits per heavy atom. The van der Waals surface area contributed by atoms with Crippen molar-refractivity contribution in [2.24, 2.45) is 0 Å². The number of rotatable bonds is 8. The fourth-order valence-electron chi connectivity index (χ4n) is 3.26. The Labute approximate surface area is 183 Å². The van der Waals surface area contributed by atoms with Crippen LogP contribution in [0.15, 0.2) is 48.5 Å². The summed E-state index contributed by atoms with van der Waals surface area (Å²) in [6.45, 7) is 5.07. The number of hydrogen-bond donors (Lipinski definition) is 2. The average molecular weight is 427 g/mol. The average Bonchev–Trinajstić information content (AvgIpc) is 2.80. The van der Waals surface area contributed by atoms with Crippen molar-refractivity contribution < 1.29 is 19.1 Å². The topological polar surface area (TPSA) is 83.1 Å². The van der Waals surface area contributed by atoms with Gasteiger partial charge in [0.05, 0.1) is 32.9 Å². The first-order chi connectivity index (χ1) is 15.0. The molecule has 1 aliphatic rings. The van der Waals surface area contributed by atoms with E-state index in [2.05, 4.69) is 15.5 Å². The summed E-state index contributed by atoms with van der Waals surface area (Å²) in [5.41, 5.74) is 2.52. The number of likely N-dealkylation sites (N-methyl/N-ethyl adjacent to an activating group) is 1. The minimum atomic E-state index is -0.472. The number of ether oxygens (including phenoxy) is 2. The third-order valence-electron chi connectivity index (χ3n) is 5.32. The van der Waals surface area contributed by atoms with Crippen LogP contribution in [0.25, 0.3) is 0 Å². The lowest BCUT2D eigenvalue weighted by Crippen LogP contribution is -2.43. The fourth-order valence-corrected chi connectivity index (χ4v) is 3.26. The first-order valence-electron chi connectivity index (χ1n) is 10.3. The van der Waals surface area contributed by atoms with Crippen molar-refractivity contribution in [3.8, 4) is 5.75 Å². The highest BCUT2D eigenvalue weighted by Gasteiger charge is 2.20. The van der Waals surface area contributed by atoms with Crippen LogP contribution in [-0.2, 0) is 14.3 Å². The van der Waals surface area contributed by atoms with E-state index in [0.29, 0.717) is 5.69 Å². The second-order valence-corrected chi connectivity index (χ2v) is 7.50. The number of methoxy groups -OCH3 is 1. The van der Waals surface area contributed by atoms with Gasteiger partial charge in [0.15, 0.2) is 0 Å². The molecule has 31 heavy (non-hydrogen) atoms. The van der Waals surface area contributed by atoms with Crippen LogP contribution in [0.4, 0.5) is 17.1 Å². The summed E-state index contributed by atoms with van der Waals surface area (Å²) >= 11 is 0. The summed E-state index contributed by atoms with van der Waals surface area (Å²) in [6, 6.07) is 14.4. The molecule has 8 heteroatoms. The maximum Gasteiger partial charge on any atom is 0.241 e. The van der Waals surface area contributed by atoms with Crippen molar-refractivity contribution in [1.29, 1.82) is 0 Å². The van der Waals surface area contributed by atoms with Gasteiger partial charge in [-0.25, -0.2) is 0 Å². The minimum Gasteiger partial charge on any atom is -0.497 e. The monoisotopic (exact) mass is 426 g/mol. The van der Waals surface area contributed by atoms with Gasteiger partial charge in [0.1, 0.15) is 5.75 Å². The molecular weight excluding hydrogens is 396 g/mol. The number of nitrogens with zero attached hydrogens (tertiary/aromatic N) is 2. The molecule has 0 aliphatic carbocycles. The van der Waals surface area contributed by atoms with E-state index < -0.39 is 6.04 Å². The molecule has 1 fully saturated rings. The van der Waals surface area contributed by atoms with Gasteiger partial charge in [0, 0.05) is 30.2 Å². The predicted molar refractivity (Wildman–Crippen MR) is 122 cm³/mol. The van der Waals surface area contributed by atoms with Crippen LogP contribution < -0.4 is 20.3 Å². The fraction of sp³-hybridized carbons (Fsp3) is 0.391. The second kappa shape index (κ2) is 10.8. The van der Waals surface area contributed by atoms with Crippen molar-refractivity contribution in [1.82, 2.24) is 4.90 Å². The van der Waals surface area contributed by atoms with Crippen LogP contribution in [0.1, 0.15) is 6.92 Å². The van der Waals surface area contributed by atoms with Crippen molar-refractivity contribution in [3.63, 3.8) is 0 Å². The van der Waals surface area contributed by atoms with Crippen LogP contribution in [-0.4, -0.2) is 69.8 Å². The number of hydrogen-bond acceptors (Lipinski definition) is 6. The molecule has 1 saturated heterocycles. The van der Waals surface area contributed by atoms with E-state index in [1.807, 2.05) is 24.3 Å². The smallest absolute Gasteiger partial charge is 0.241 e. The molecule has 3 rings (SSSR count). The first-order valence-corrected chi connectivity index (χ1v) is 10.3. The number of benzene rings is 2. The van der Waals surface area contributed by atoms with Crippen molar-refractivity contribution in [2.75, 3.05) is 62.5 Å². The predicted octanol–water partition coefficient (Wildman–Crippen LogP) is 2.43. The lowest BCUT2D eigenvalue weighted by molar-refractivity contribution is -0.122. The summed E-state index contributed by atoms with van der Waals surface area (Å²) in [5, 5.41) is 5.74. The SMILES string of the molecule is COc1ccc(NC(=O)CN(C)[C@@H](C)C(=O)Nc2ccc(N3CCOCC3)cc2)cc1. The molecule has 2 aromatic carbocycles. The zero-order valence-corrected chi connectivity index (χ0v) is 18.3. The Hall–Kier alpha value is -3.10. The Morgan fingerprint density at radius 2 is 1.61 bits per heavy atom. The Bertz CT molecular complexity index is 864. The summed E-state index contributed by atoms with van der Waals surface area (Å²) in [5.74, 6) is 0.361. The molecule has 1 aliphatic heterocycles. The van der Waals surface area contributed by atoms with Crippen LogP contribution in [0.3, 0.4) is 0 Å². The number of morpholine rings is 1. The summed E-state index contributed by atoms with van der Waals surface area (Å²) in [6.07, 6.45) is 0. The van der Waals surface area contributed by atoms with Gasteiger partial charge < -0.3 is 25.0 Å². The number of carbonyl (C=O) groups excluding carboxylic acids is 2. The number of nitrogens with one attached hydrogen (secondary N) is 2. The molecule has 0 bridgehead atoms. The molecule has 2 amide bonds. The normalized spacial score (nSPS) is 14.8. The molecule has 2 aromatic rings. The summed E-state index contributed by atoms with van der Waals surface area (Å²) < 4.78 is 10.5. The van der Waals surface area contributed by atoms with Gasteiger partial charge >= 0.3 is 0 Å². The summed E-state index contributed by atoms with van der Waals surface area (Å²) in [7, 11) is 3.34. The molecule has 0 aromatic heterocycles. The third-order valence-corrected chi connectivity index (χ3v) is 5.32. The summed E-state index contributed by atoms with van der Waals surface area (Å²) in [4.78, 5) is 28.9. The molecule has 1 atom stereocenters. The quantitative estimate of drug-likeness (QED) is 0.675. The zero-order chi connectivity index (χ0) is 22.2. The molecule has 1 heterocycles. The molecule has 0 radical (unpaired) electrons. The maximum absolute atomic E-state index is 12.6. The van der Waals surface area contributed by atoms with Gasteiger partial charge in [-0.3, -0.25) is 14.5 Å². The molecule has 0 saturated carbocycles. The largest absolute Gasteiger partial charge is 0.497 e. The molecule has 2 N–H and O–H groups in total. The molecule has 8 nitrogen and oxygen atoms in total. The second-order valence-electron chi connectivity index (χ2n) is 7.50. The lowest BCUT2D eigenvalue weighted by atomic mass is 10.2. The molecule has 0 spiro atoms. The van der Waals surface area contributed by atoms with Gasteiger partial charge in [-0.1, -0.05) is 0 Å². The lowest BCUT2D eigenvalue weighted by Gasteiger charge is -2.29.